The van der Waals surface area contributed by atoms with Crippen LogP contribution >= 0.6 is 0 Å². The van der Waals surface area contributed by atoms with Crippen molar-refractivity contribution in [2.45, 2.75) is 19.5 Å². The van der Waals surface area contributed by atoms with Crippen LogP contribution in [-0.2, 0) is 11.3 Å². The van der Waals surface area contributed by atoms with Crippen LogP contribution in [-0.4, -0.2) is 57.3 Å². The highest BCUT2D eigenvalue weighted by Gasteiger charge is 2.33. The van der Waals surface area contributed by atoms with Gasteiger partial charge in [0.15, 0.2) is 0 Å². The first kappa shape index (κ1) is 17.0. The molecule has 1 aromatic carbocycles. The lowest BCUT2D eigenvalue weighted by Gasteiger charge is -2.39. The van der Waals surface area contributed by atoms with Crippen LogP contribution in [0.25, 0.3) is 0 Å². The molecule has 0 bridgehead atoms. The van der Waals surface area contributed by atoms with Crippen molar-refractivity contribution in [3.8, 4) is 0 Å². The molecule has 1 atom stereocenters. The molecule has 25 heavy (non-hydrogen) atoms. The Labute approximate surface area is 146 Å². The van der Waals surface area contributed by atoms with Crippen LogP contribution in [0.3, 0.4) is 0 Å². The van der Waals surface area contributed by atoms with E-state index < -0.39 is 11.9 Å². The van der Waals surface area contributed by atoms with E-state index in [1.54, 1.807) is 11.1 Å². The van der Waals surface area contributed by atoms with Crippen LogP contribution in [0, 0.1) is 6.92 Å². The number of rotatable bonds is 4. The van der Waals surface area contributed by atoms with Crippen molar-refractivity contribution < 1.29 is 9.59 Å². The van der Waals surface area contributed by atoms with Crippen molar-refractivity contribution in [2.75, 3.05) is 19.6 Å². The van der Waals surface area contributed by atoms with Gasteiger partial charge in [0.1, 0.15) is 11.7 Å². The summed E-state index contributed by atoms with van der Waals surface area (Å²) in [6.45, 7) is 3.79. The van der Waals surface area contributed by atoms with E-state index in [0.717, 1.165) is 11.3 Å². The lowest BCUT2D eigenvalue weighted by Crippen LogP contribution is -2.59. The van der Waals surface area contributed by atoms with E-state index in [0.29, 0.717) is 19.6 Å². The molecule has 1 aliphatic heterocycles. The van der Waals surface area contributed by atoms with Crippen LogP contribution in [0.15, 0.2) is 42.7 Å². The molecule has 2 heterocycles. The van der Waals surface area contributed by atoms with Crippen LogP contribution in [0.2, 0.25) is 0 Å². The van der Waals surface area contributed by atoms with Crippen LogP contribution in [0.5, 0.6) is 0 Å². The number of nitrogens with zero attached hydrogens (tertiary/aromatic N) is 4. The summed E-state index contributed by atoms with van der Waals surface area (Å²) in [5.74, 6) is -0.651. The minimum Gasteiger partial charge on any atom is -0.368 e. The maximum Gasteiger partial charge on any atom is 0.274 e. The molecule has 0 saturated carbocycles. The summed E-state index contributed by atoms with van der Waals surface area (Å²) in [6, 6.07) is 9.38. The Morgan fingerprint density at radius 2 is 1.92 bits per heavy atom. The van der Waals surface area contributed by atoms with Crippen molar-refractivity contribution in [2.24, 2.45) is 5.73 Å². The lowest BCUT2D eigenvalue weighted by molar-refractivity contribution is -0.125. The highest BCUT2D eigenvalue weighted by Crippen LogP contribution is 2.16. The average Bonchev–Trinajstić information content (AvgIpc) is 2.63. The summed E-state index contributed by atoms with van der Waals surface area (Å²) in [7, 11) is 0. The summed E-state index contributed by atoms with van der Waals surface area (Å²) >= 11 is 0. The van der Waals surface area contributed by atoms with Crippen LogP contribution in [0.1, 0.15) is 21.7 Å². The largest absolute Gasteiger partial charge is 0.368 e. The fraction of sp³-hybridized carbons (Fsp3) is 0.333. The number of aryl methyl sites for hydroxylation is 1. The van der Waals surface area contributed by atoms with Gasteiger partial charge in [0.25, 0.3) is 5.91 Å². The van der Waals surface area contributed by atoms with Crippen molar-refractivity contribution >= 4 is 11.8 Å². The molecule has 0 unspecified atom stereocenters. The molecule has 130 valence electrons. The number of primary amides is 1. The zero-order valence-corrected chi connectivity index (χ0v) is 14.1. The van der Waals surface area contributed by atoms with E-state index in [2.05, 4.69) is 9.97 Å². The molecular formula is C18H21N5O2. The summed E-state index contributed by atoms with van der Waals surface area (Å²) in [4.78, 5) is 36.4. The predicted molar refractivity (Wildman–Crippen MR) is 92.5 cm³/mol. The summed E-state index contributed by atoms with van der Waals surface area (Å²) in [5, 5.41) is 0. The highest BCUT2D eigenvalue weighted by molar-refractivity contribution is 5.92. The molecular weight excluding hydrogens is 318 g/mol. The van der Waals surface area contributed by atoms with Gasteiger partial charge in [0, 0.05) is 32.4 Å². The van der Waals surface area contributed by atoms with Crippen molar-refractivity contribution in [3.63, 3.8) is 0 Å². The Hall–Kier alpha value is -2.80. The summed E-state index contributed by atoms with van der Waals surface area (Å²) in [6.07, 6.45) is 3.03. The quantitative estimate of drug-likeness (QED) is 0.880. The number of aromatic nitrogens is 2. The summed E-state index contributed by atoms with van der Waals surface area (Å²) in [5.41, 5.74) is 7.73. The normalized spacial score (nSPS) is 18.1. The van der Waals surface area contributed by atoms with Crippen LogP contribution < -0.4 is 5.73 Å². The Morgan fingerprint density at radius 3 is 2.56 bits per heavy atom. The molecule has 1 aliphatic rings. The maximum absolute atomic E-state index is 12.6. The number of hydrogen-bond donors (Lipinski definition) is 1. The third-order valence-corrected chi connectivity index (χ3v) is 4.34. The topological polar surface area (TPSA) is 92.4 Å². The monoisotopic (exact) mass is 339 g/mol. The number of carbonyl (C=O) groups excluding carboxylic acids is 2. The van der Waals surface area contributed by atoms with E-state index in [-0.39, 0.29) is 18.1 Å². The molecule has 7 nitrogen and oxygen atoms in total. The maximum atomic E-state index is 12.6. The van der Waals surface area contributed by atoms with Gasteiger partial charge in [-0.25, -0.2) is 4.98 Å². The Balaban J connectivity index is 1.71. The Bertz CT molecular complexity index is 748. The molecule has 2 N–H and O–H groups in total. The number of benzene rings is 1. The van der Waals surface area contributed by atoms with Crippen molar-refractivity contribution in [1.29, 1.82) is 0 Å². The molecule has 1 saturated heterocycles. The van der Waals surface area contributed by atoms with Gasteiger partial charge in [-0.1, -0.05) is 30.3 Å². The first-order chi connectivity index (χ1) is 12.0. The SMILES string of the molecule is Cc1cnc(C(=O)N2CCN(Cc3ccccc3)[C@@H](C(N)=O)C2)cn1. The van der Waals surface area contributed by atoms with Crippen molar-refractivity contribution in [3.05, 3.63) is 59.7 Å². The van der Waals surface area contributed by atoms with Crippen LogP contribution in [0.4, 0.5) is 0 Å². The third kappa shape index (κ3) is 4.00. The second-order valence-electron chi connectivity index (χ2n) is 6.17. The second kappa shape index (κ2) is 7.40. The molecule has 2 aromatic rings. The number of carbonyl (C=O) groups is 2. The standard InChI is InChI=1S/C18H21N5O2/c1-13-9-21-15(10-20-13)18(25)23-8-7-22(16(12-23)17(19)24)11-14-5-3-2-4-6-14/h2-6,9-10,16H,7-8,11-12H2,1H3,(H2,19,24)/t16-/m1/s1. The van der Waals surface area contributed by atoms with E-state index in [1.807, 2.05) is 42.2 Å². The minimum atomic E-state index is -0.517. The fourth-order valence-electron chi connectivity index (χ4n) is 2.95. The smallest absolute Gasteiger partial charge is 0.274 e. The van der Waals surface area contributed by atoms with E-state index in [4.69, 9.17) is 5.73 Å². The van der Waals surface area contributed by atoms with E-state index in [1.165, 1.54) is 6.20 Å². The molecule has 0 radical (unpaired) electrons. The number of nitrogens with two attached hydrogens (primary N) is 1. The van der Waals surface area contributed by atoms with Gasteiger partial charge in [-0.3, -0.25) is 19.5 Å². The second-order valence-corrected chi connectivity index (χ2v) is 6.17. The fourth-order valence-corrected chi connectivity index (χ4v) is 2.95. The summed E-state index contributed by atoms with van der Waals surface area (Å²) < 4.78 is 0. The van der Waals surface area contributed by atoms with Gasteiger partial charge in [-0.05, 0) is 12.5 Å². The van der Waals surface area contributed by atoms with E-state index in [9.17, 15) is 9.59 Å². The molecule has 2 amide bonds. The van der Waals surface area contributed by atoms with Gasteiger partial charge < -0.3 is 10.6 Å². The number of piperazine rings is 1. The molecule has 1 aromatic heterocycles. The lowest BCUT2D eigenvalue weighted by atomic mass is 10.1. The molecule has 0 aliphatic carbocycles. The molecule has 0 spiro atoms. The molecule has 7 heteroatoms. The Morgan fingerprint density at radius 1 is 1.16 bits per heavy atom. The molecule has 1 fully saturated rings. The van der Waals surface area contributed by atoms with Gasteiger partial charge in [-0.2, -0.15) is 0 Å². The van der Waals surface area contributed by atoms with Gasteiger partial charge in [0.2, 0.25) is 5.91 Å². The minimum absolute atomic E-state index is 0.224. The average molecular weight is 339 g/mol. The predicted octanol–water partition coefficient (Wildman–Crippen LogP) is 0.597. The van der Waals surface area contributed by atoms with Crippen molar-refractivity contribution in [1.82, 2.24) is 19.8 Å². The zero-order chi connectivity index (χ0) is 17.8. The van der Waals surface area contributed by atoms with Gasteiger partial charge in [0.05, 0.1) is 11.9 Å². The first-order valence-electron chi connectivity index (χ1n) is 8.20. The Kier molecular flexibility index (Phi) is 5.04. The third-order valence-electron chi connectivity index (χ3n) is 4.34. The van der Waals surface area contributed by atoms with E-state index >= 15 is 0 Å². The number of hydrogen-bond acceptors (Lipinski definition) is 5. The van der Waals surface area contributed by atoms with Gasteiger partial charge in [-0.15, -0.1) is 0 Å². The first-order valence-corrected chi connectivity index (χ1v) is 8.20. The number of amides is 2. The van der Waals surface area contributed by atoms with Gasteiger partial charge >= 0.3 is 0 Å². The molecule has 3 rings (SSSR count). The zero-order valence-electron chi connectivity index (χ0n) is 14.1. The highest BCUT2D eigenvalue weighted by atomic mass is 16.2.